The molecule has 29 heavy (non-hydrogen) atoms. The Balaban J connectivity index is 1.41. The van der Waals surface area contributed by atoms with Gasteiger partial charge in [-0.15, -0.1) is 0 Å². The van der Waals surface area contributed by atoms with Gasteiger partial charge in [0.25, 0.3) is 0 Å². The minimum Gasteiger partial charge on any atom is -0.379 e. The fourth-order valence-electron chi connectivity index (χ4n) is 2.92. The maximum absolute atomic E-state index is 6.01. The van der Waals surface area contributed by atoms with Crippen LogP contribution in [-0.2, 0) is 16.0 Å². The van der Waals surface area contributed by atoms with Gasteiger partial charge in [0.2, 0.25) is 11.7 Å². The third kappa shape index (κ3) is 7.30. The molecule has 1 fully saturated rings. The summed E-state index contributed by atoms with van der Waals surface area (Å²) in [6.07, 6.45) is 3.40. The predicted octanol–water partition coefficient (Wildman–Crippen LogP) is 3.03. The van der Waals surface area contributed by atoms with Crippen LogP contribution in [0.4, 0.5) is 0 Å². The van der Waals surface area contributed by atoms with Crippen molar-refractivity contribution in [3.8, 4) is 11.4 Å². The van der Waals surface area contributed by atoms with E-state index >= 15 is 0 Å². The zero-order valence-electron chi connectivity index (χ0n) is 16.7. The first-order valence-corrected chi connectivity index (χ1v) is 10.4. The van der Waals surface area contributed by atoms with E-state index in [1.54, 1.807) is 12.1 Å². The van der Waals surface area contributed by atoms with Gasteiger partial charge in [-0.2, -0.15) is 4.98 Å². The molecule has 1 atom stereocenters. The molecule has 0 radical (unpaired) electrons. The summed E-state index contributed by atoms with van der Waals surface area (Å²) >= 11 is 6.01. The molecule has 0 spiro atoms. The molecule has 0 amide bonds. The highest BCUT2D eigenvalue weighted by atomic mass is 35.5. The third-order valence-corrected chi connectivity index (χ3v) is 4.59. The molecule has 1 aromatic heterocycles. The van der Waals surface area contributed by atoms with Crippen molar-refractivity contribution in [2.45, 2.75) is 38.8 Å². The first-order valence-electron chi connectivity index (χ1n) is 10.0. The molecule has 1 aromatic carbocycles. The van der Waals surface area contributed by atoms with E-state index in [1.165, 1.54) is 0 Å². The lowest BCUT2D eigenvalue weighted by Gasteiger charge is -2.12. The Morgan fingerprint density at radius 3 is 3.10 bits per heavy atom. The van der Waals surface area contributed by atoms with Gasteiger partial charge in [0.05, 0.1) is 12.7 Å². The molecule has 2 aromatic rings. The first kappa shape index (κ1) is 21.5. The van der Waals surface area contributed by atoms with E-state index in [-0.39, 0.29) is 6.10 Å². The van der Waals surface area contributed by atoms with E-state index in [0.717, 1.165) is 44.5 Å². The van der Waals surface area contributed by atoms with Crippen LogP contribution in [0.3, 0.4) is 0 Å². The van der Waals surface area contributed by atoms with Crippen molar-refractivity contribution in [3.05, 3.63) is 35.2 Å². The molecule has 0 bridgehead atoms. The minimum absolute atomic E-state index is 0.271. The van der Waals surface area contributed by atoms with Gasteiger partial charge < -0.3 is 24.6 Å². The largest absolute Gasteiger partial charge is 0.379 e. The van der Waals surface area contributed by atoms with Gasteiger partial charge in [-0.05, 0) is 38.3 Å². The van der Waals surface area contributed by atoms with E-state index in [9.17, 15) is 0 Å². The third-order valence-electron chi connectivity index (χ3n) is 4.35. The maximum atomic E-state index is 6.01. The lowest BCUT2D eigenvalue weighted by atomic mass is 10.2. The van der Waals surface area contributed by atoms with Crippen LogP contribution in [-0.4, -0.2) is 55.1 Å². The Morgan fingerprint density at radius 1 is 1.38 bits per heavy atom. The van der Waals surface area contributed by atoms with Crippen molar-refractivity contribution < 1.29 is 14.0 Å². The second kappa shape index (κ2) is 11.7. The van der Waals surface area contributed by atoms with Crippen molar-refractivity contribution in [1.29, 1.82) is 0 Å². The fraction of sp³-hybridized carbons (Fsp3) is 0.550. The highest BCUT2D eigenvalue weighted by Crippen LogP contribution is 2.20. The number of guanidine groups is 1. The molecule has 0 aliphatic carbocycles. The summed E-state index contributed by atoms with van der Waals surface area (Å²) in [5.74, 6) is 1.64. The van der Waals surface area contributed by atoms with Crippen molar-refractivity contribution in [2.75, 3.05) is 32.9 Å². The Kier molecular flexibility index (Phi) is 8.73. The number of halogens is 1. The predicted molar refractivity (Wildman–Crippen MR) is 112 cm³/mol. The van der Waals surface area contributed by atoms with Crippen LogP contribution in [0.5, 0.6) is 0 Å². The summed E-state index contributed by atoms with van der Waals surface area (Å²) in [5, 5.41) is 11.1. The topological polar surface area (TPSA) is 93.8 Å². The van der Waals surface area contributed by atoms with Gasteiger partial charge in [0, 0.05) is 36.9 Å². The van der Waals surface area contributed by atoms with Gasteiger partial charge in [0.1, 0.15) is 6.54 Å². The van der Waals surface area contributed by atoms with Crippen molar-refractivity contribution in [3.63, 3.8) is 0 Å². The average Bonchev–Trinajstić information content (AvgIpc) is 3.40. The number of nitrogens with one attached hydrogen (secondary N) is 2. The van der Waals surface area contributed by atoms with Gasteiger partial charge in [-0.25, -0.2) is 4.99 Å². The second-order valence-corrected chi connectivity index (χ2v) is 7.14. The van der Waals surface area contributed by atoms with Crippen LogP contribution in [0.1, 0.15) is 32.1 Å². The molecule has 158 valence electrons. The van der Waals surface area contributed by atoms with E-state index in [2.05, 4.69) is 25.8 Å². The van der Waals surface area contributed by atoms with Gasteiger partial charge in [-0.1, -0.05) is 28.9 Å². The highest BCUT2D eigenvalue weighted by Gasteiger charge is 2.15. The number of nitrogens with zero attached hydrogens (tertiary/aromatic N) is 3. The summed E-state index contributed by atoms with van der Waals surface area (Å²) in [7, 11) is 0. The molecule has 3 rings (SSSR count). The van der Waals surface area contributed by atoms with Crippen LogP contribution >= 0.6 is 11.6 Å². The van der Waals surface area contributed by atoms with E-state index in [1.807, 2.05) is 19.1 Å². The summed E-state index contributed by atoms with van der Waals surface area (Å²) in [4.78, 5) is 8.88. The smallest absolute Gasteiger partial charge is 0.248 e. The number of benzene rings is 1. The Hall–Kier alpha value is -2.16. The number of hydrogen-bond acceptors (Lipinski definition) is 6. The number of rotatable bonds is 10. The van der Waals surface area contributed by atoms with Crippen LogP contribution < -0.4 is 10.6 Å². The molecular weight excluding hydrogens is 394 g/mol. The van der Waals surface area contributed by atoms with Crippen molar-refractivity contribution in [1.82, 2.24) is 20.8 Å². The van der Waals surface area contributed by atoms with Crippen molar-refractivity contribution in [2.24, 2.45) is 4.99 Å². The average molecular weight is 422 g/mol. The van der Waals surface area contributed by atoms with Gasteiger partial charge >= 0.3 is 0 Å². The maximum Gasteiger partial charge on any atom is 0.248 e. The second-order valence-electron chi connectivity index (χ2n) is 6.71. The Labute approximate surface area is 176 Å². The zero-order chi connectivity index (χ0) is 20.3. The van der Waals surface area contributed by atoms with E-state index < -0.39 is 0 Å². The molecule has 1 unspecified atom stereocenters. The normalized spacial score (nSPS) is 16.9. The number of aromatic nitrogens is 2. The molecule has 9 heteroatoms. The van der Waals surface area contributed by atoms with Crippen LogP contribution in [0.2, 0.25) is 5.02 Å². The molecule has 8 nitrogen and oxygen atoms in total. The summed E-state index contributed by atoms with van der Waals surface area (Å²) in [6.45, 7) is 6.07. The monoisotopic (exact) mass is 421 g/mol. The fourth-order valence-corrected chi connectivity index (χ4v) is 3.11. The standard InChI is InChI=1S/C20H28ClN5O3/c1-2-22-20(23-9-5-10-27-14-17-8-4-11-28-17)24-13-18-25-19(26-29-18)15-6-3-7-16(21)12-15/h3,6-7,12,17H,2,4-5,8-11,13-14H2,1H3,(H2,22,23,24). The number of aliphatic imine (C=N–C) groups is 1. The van der Waals surface area contributed by atoms with Crippen LogP contribution in [0, 0.1) is 0 Å². The lowest BCUT2D eigenvalue weighted by Crippen LogP contribution is -2.38. The SMILES string of the molecule is CCNC(=NCc1nc(-c2cccc(Cl)c2)no1)NCCCOCC1CCCO1. The molecule has 1 saturated heterocycles. The lowest BCUT2D eigenvalue weighted by molar-refractivity contribution is 0.0168. The molecule has 2 N–H and O–H groups in total. The first-order chi connectivity index (χ1) is 14.2. The summed E-state index contributed by atoms with van der Waals surface area (Å²) in [5.41, 5.74) is 0.810. The number of ether oxygens (including phenoxy) is 2. The van der Waals surface area contributed by atoms with Crippen LogP contribution in [0.15, 0.2) is 33.8 Å². The Morgan fingerprint density at radius 2 is 2.31 bits per heavy atom. The quantitative estimate of drug-likeness (QED) is 0.346. The summed E-state index contributed by atoms with van der Waals surface area (Å²) < 4.78 is 16.5. The van der Waals surface area contributed by atoms with E-state index in [4.69, 9.17) is 25.6 Å². The molecular formula is C20H28ClN5O3. The summed E-state index contributed by atoms with van der Waals surface area (Å²) in [6, 6.07) is 7.34. The highest BCUT2D eigenvalue weighted by molar-refractivity contribution is 6.30. The Bertz CT molecular complexity index is 777. The molecule has 1 aliphatic rings. The minimum atomic E-state index is 0.271. The molecule has 2 heterocycles. The van der Waals surface area contributed by atoms with Gasteiger partial charge in [-0.3, -0.25) is 0 Å². The zero-order valence-corrected chi connectivity index (χ0v) is 17.5. The van der Waals surface area contributed by atoms with Crippen LogP contribution in [0.25, 0.3) is 11.4 Å². The molecule has 1 aliphatic heterocycles. The van der Waals surface area contributed by atoms with Crippen molar-refractivity contribution >= 4 is 17.6 Å². The van der Waals surface area contributed by atoms with Gasteiger partial charge in [0.15, 0.2) is 5.96 Å². The number of hydrogen-bond donors (Lipinski definition) is 2. The van der Waals surface area contributed by atoms with E-state index in [0.29, 0.717) is 42.5 Å². The molecule has 0 saturated carbocycles.